The van der Waals surface area contributed by atoms with E-state index in [1.807, 2.05) is 32.9 Å². The van der Waals surface area contributed by atoms with Gasteiger partial charge >= 0.3 is 0 Å². The van der Waals surface area contributed by atoms with Gasteiger partial charge in [0.05, 0.1) is 30.5 Å². The number of benzene rings is 1. The number of carbonyl (C=O) groups excluding carboxylic acids is 1. The van der Waals surface area contributed by atoms with E-state index in [4.69, 9.17) is 14.2 Å². The van der Waals surface area contributed by atoms with Crippen LogP contribution in [0.15, 0.2) is 23.1 Å². The Hall–Kier alpha value is -2.51. The number of nitrogens with zero attached hydrogens (tertiary/aromatic N) is 1. The summed E-state index contributed by atoms with van der Waals surface area (Å²) in [7, 11) is 1.65. The Morgan fingerprint density at radius 1 is 1.32 bits per heavy atom. The number of hydrogen-bond acceptors (Lipinski definition) is 5. The summed E-state index contributed by atoms with van der Waals surface area (Å²) in [6.07, 6.45) is 1.93. The van der Waals surface area contributed by atoms with Crippen molar-refractivity contribution in [2.45, 2.75) is 46.3 Å². The minimum absolute atomic E-state index is 0.138. The van der Waals surface area contributed by atoms with Crippen LogP contribution in [0.25, 0.3) is 11.3 Å². The molecule has 1 saturated heterocycles. The Labute approximate surface area is 180 Å². The van der Waals surface area contributed by atoms with Crippen molar-refractivity contribution in [3.63, 3.8) is 0 Å². The van der Waals surface area contributed by atoms with Crippen LogP contribution in [0.1, 0.15) is 60.8 Å². The number of rotatable bonds is 6. The summed E-state index contributed by atoms with van der Waals surface area (Å²) in [6.45, 7) is 8.85. The summed E-state index contributed by atoms with van der Waals surface area (Å²) >= 11 is 0. The second-order valence-electron chi connectivity index (χ2n) is 9.06. The molecule has 2 aliphatic heterocycles. The Kier molecular flexibility index (Phi) is 5.52. The zero-order valence-electron chi connectivity index (χ0n) is 18.6. The van der Waals surface area contributed by atoms with Gasteiger partial charge in [-0.3, -0.25) is 9.59 Å². The van der Waals surface area contributed by atoms with Crippen LogP contribution in [0.4, 0.5) is 4.39 Å². The zero-order chi connectivity index (χ0) is 22.5. The normalized spacial score (nSPS) is 20.7. The molecule has 2 aromatic rings. The van der Waals surface area contributed by atoms with Crippen LogP contribution in [0.2, 0.25) is 0 Å². The smallest absolute Gasteiger partial charge is 0.228 e. The number of halogens is 1. The van der Waals surface area contributed by atoms with Gasteiger partial charge in [-0.2, -0.15) is 0 Å². The third-order valence-electron chi connectivity index (χ3n) is 6.24. The van der Waals surface area contributed by atoms with Gasteiger partial charge in [0.2, 0.25) is 5.43 Å². The van der Waals surface area contributed by atoms with E-state index in [1.54, 1.807) is 11.7 Å². The number of pyridine rings is 1. The lowest BCUT2D eigenvalue weighted by Gasteiger charge is -2.38. The molecule has 2 aliphatic rings. The van der Waals surface area contributed by atoms with E-state index < -0.39 is 17.0 Å². The molecule has 1 aromatic carbocycles. The Bertz CT molecular complexity index is 1100. The first kappa shape index (κ1) is 21.7. The fourth-order valence-corrected chi connectivity index (χ4v) is 4.69. The Morgan fingerprint density at radius 3 is 2.74 bits per heavy atom. The van der Waals surface area contributed by atoms with Crippen molar-refractivity contribution in [3.05, 3.63) is 51.1 Å². The summed E-state index contributed by atoms with van der Waals surface area (Å²) < 4.78 is 34.4. The molecule has 0 N–H and O–H groups in total. The van der Waals surface area contributed by atoms with E-state index in [9.17, 15) is 9.59 Å². The van der Waals surface area contributed by atoms with Gasteiger partial charge in [0.25, 0.3) is 0 Å². The van der Waals surface area contributed by atoms with E-state index in [-0.39, 0.29) is 28.8 Å². The molecule has 31 heavy (non-hydrogen) atoms. The number of aromatic nitrogens is 1. The molecule has 2 atom stereocenters. The highest BCUT2D eigenvalue weighted by molar-refractivity contribution is 5.94. The molecule has 0 radical (unpaired) electrons. The molecule has 166 valence electrons. The number of carbonyl (C=O) groups is 1. The van der Waals surface area contributed by atoms with Gasteiger partial charge in [-0.1, -0.05) is 13.8 Å². The van der Waals surface area contributed by atoms with Crippen molar-refractivity contribution in [1.82, 2.24) is 4.57 Å². The van der Waals surface area contributed by atoms with Crippen LogP contribution in [0.3, 0.4) is 0 Å². The van der Waals surface area contributed by atoms with Crippen molar-refractivity contribution in [2.24, 2.45) is 5.41 Å². The monoisotopic (exact) mass is 429 g/mol. The van der Waals surface area contributed by atoms with Gasteiger partial charge in [0, 0.05) is 37.3 Å². The molecule has 6 nitrogen and oxygen atoms in total. The van der Waals surface area contributed by atoms with Crippen LogP contribution in [-0.2, 0) is 9.47 Å². The maximum atomic E-state index is 15.4. The van der Waals surface area contributed by atoms with Crippen molar-refractivity contribution in [3.8, 4) is 17.0 Å². The molecule has 4 rings (SSSR count). The minimum Gasteiger partial charge on any atom is -0.493 e. The number of methoxy groups -OCH3 is 1. The second kappa shape index (κ2) is 7.88. The standard InChI is InChI=1S/C24H28FNO5/c1-13-9-15-16(10-18(13)30-8-6-7-29-5)22-23(24(3,4)12-31-22)26-11-17(14(2)27)21(28)19(25)20(15)26/h9-11,22-23H,6-8,12H2,1-5H3/t22-,23?/m0/s1. The molecule has 1 aromatic heterocycles. The molecule has 7 heteroatoms. The summed E-state index contributed by atoms with van der Waals surface area (Å²) in [6, 6.07) is 3.49. The van der Waals surface area contributed by atoms with Crippen molar-refractivity contribution in [1.29, 1.82) is 0 Å². The molecule has 0 aliphatic carbocycles. The van der Waals surface area contributed by atoms with Crippen LogP contribution < -0.4 is 10.2 Å². The molecule has 0 spiro atoms. The average molecular weight is 429 g/mol. The largest absolute Gasteiger partial charge is 0.493 e. The highest BCUT2D eigenvalue weighted by atomic mass is 19.1. The SMILES string of the molecule is COCCCOc1cc2c(cc1C)-c1c(F)c(=O)c(C(C)=O)cn1C1[C@H]2OCC1(C)C. The predicted octanol–water partition coefficient (Wildman–Crippen LogP) is 4.23. The maximum Gasteiger partial charge on any atom is 0.228 e. The van der Waals surface area contributed by atoms with Gasteiger partial charge in [-0.05, 0) is 37.1 Å². The average Bonchev–Trinajstić information content (AvgIpc) is 3.03. The van der Waals surface area contributed by atoms with Crippen LogP contribution in [0.5, 0.6) is 5.75 Å². The number of aryl methyl sites for hydroxylation is 1. The molecule has 0 saturated carbocycles. The predicted molar refractivity (Wildman–Crippen MR) is 114 cm³/mol. The molecular formula is C24H28FNO5. The van der Waals surface area contributed by atoms with E-state index in [0.717, 1.165) is 17.5 Å². The number of Topliss-reactive ketones (excluding diaryl/α,β-unsaturated/α-hetero) is 1. The number of ketones is 1. The first-order valence-corrected chi connectivity index (χ1v) is 10.5. The lowest BCUT2D eigenvalue weighted by Crippen LogP contribution is -2.34. The number of hydrogen-bond donors (Lipinski definition) is 0. The van der Waals surface area contributed by atoms with Gasteiger partial charge in [-0.15, -0.1) is 0 Å². The van der Waals surface area contributed by atoms with E-state index in [0.29, 0.717) is 31.1 Å². The highest BCUT2D eigenvalue weighted by Crippen LogP contribution is 2.56. The lowest BCUT2D eigenvalue weighted by molar-refractivity contribution is 0.0881. The molecule has 0 amide bonds. The van der Waals surface area contributed by atoms with E-state index >= 15 is 4.39 Å². The van der Waals surface area contributed by atoms with Crippen LogP contribution >= 0.6 is 0 Å². The summed E-state index contributed by atoms with van der Waals surface area (Å²) in [4.78, 5) is 24.6. The zero-order valence-corrected chi connectivity index (χ0v) is 18.6. The third kappa shape index (κ3) is 3.49. The number of fused-ring (bicyclic) bond motifs is 6. The van der Waals surface area contributed by atoms with Crippen molar-refractivity contribution in [2.75, 3.05) is 26.9 Å². The second-order valence-corrected chi connectivity index (χ2v) is 9.06. The summed E-state index contributed by atoms with van der Waals surface area (Å²) in [5.74, 6) is -0.643. The van der Waals surface area contributed by atoms with E-state index in [1.165, 1.54) is 13.1 Å². The molecule has 0 bridgehead atoms. The van der Waals surface area contributed by atoms with Crippen LogP contribution in [-0.4, -0.2) is 37.3 Å². The van der Waals surface area contributed by atoms with Gasteiger partial charge in [-0.25, -0.2) is 4.39 Å². The minimum atomic E-state index is -0.900. The van der Waals surface area contributed by atoms with E-state index in [2.05, 4.69) is 0 Å². The first-order chi connectivity index (χ1) is 14.7. The quantitative estimate of drug-likeness (QED) is 0.508. The molecular weight excluding hydrogens is 401 g/mol. The fraction of sp³-hybridized carbons (Fsp3) is 0.500. The van der Waals surface area contributed by atoms with Crippen molar-refractivity contribution >= 4 is 5.78 Å². The first-order valence-electron chi connectivity index (χ1n) is 10.5. The highest BCUT2D eigenvalue weighted by Gasteiger charge is 2.49. The topological polar surface area (TPSA) is 66.8 Å². The molecule has 1 fully saturated rings. The van der Waals surface area contributed by atoms with Crippen LogP contribution in [0, 0.1) is 18.2 Å². The Morgan fingerprint density at radius 2 is 2.06 bits per heavy atom. The van der Waals surface area contributed by atoms with Gasteiger partial charge < -0.3 is 18.8 Å². The molecule has 1 unspecified atom stereocenters. The summed E-state index contributed by atoms with van der Waals surface area (Å²) in [5, 5.41) is 0. The van der Waals surface area contributed by atoms with Gasteiger partial charge in [0.1, 0.15) is 11.9 Å². The number of ether oxygens (including phenoxy) is 3. The Balaban J connectivity index is 1.91. The fourth-order valence-electron chi connectivity index (χ4n) is 4.69. The maximum absolute atomic E-state index is 15.4. The lowest BCUT2D eigenvalue weighted by atomic mass is 9.78. The van der Waals surface area contributed by atoms with Gasteiger partial charge in [0.15, 0.2) is 11.6 Å². The van der Waals surface area contributed by atoms with Crippen molar-refractivity contribution < 1.29 is 23.4 Å². The molecule has 3 heterocycles. The third-order valence-corrected chi connectivity index (χ3v) is 6.24. The summed E-state index contributed by atoms with van der Waals surface area (Å²) in [5.41, 5.74) is 1.12.